The van der Waals surface area contributed by atoms with Gasteiger partial charge in [0.25, 0.3) is 0 Å². The lowest BCUT2D eigenvalue weighted by Crippen LogP contribution is -2.26. The van der Waals surface area contributed by atoms with Crippen LogP contribution < -0.4 is 5.32 Å². The van der Waals surface area contributed by atoms with E-state index in [4.69, 9.17) is 4.74 Å². The predicted octanol–water partition coefficient (Wildman–Crippen LogP) is 3.60. The van der Waals surface area contributed by atoms with Crippen molar-refractivity contribution < 1.29 is 9.13 Å². The molecule has 0 aromatic heterocycles. The van der Waals surface area contributed by atoms with Gasteiger partial charge in [0.1, 0.15) is 5.82 Å². The largest absolute Gasteiger partial charge is 0.379 e. The molecule has 0 heterocycles. The fourth-order valence-corrected chi connectivity index (χ4v) is 1.96. The Kier molecular flexibility index (Phi) is 5.29. The third-order valence-corrected chi connectivity index (χ3v) is 3.52. The summed E-state index contributed by atoms with van der Waals surface area (Å²) in [6, 6.07) is 5.54. The van der Waals surface area contributed by atoms with Gasteiger partial charge in [-0.05, 0) is 57.9 Å². The van der Waals surface area contributed by atoms with Crippen molar-refractivity contribution in [2.75, 3.05) is 14.2 Å². The lowest BCUT2D eigenvalue weighted by atomic mass is 9.94. The molecule has 0 aliphatic rings. The summed E-state index contributed by atoms with van der Waals surface area (Å²) in [4.78, 5) is 0. The molecule has 0 aliphatic carbocycles. The number of hydrogen-bond acceptors (Lipinski definition) is 2. The predicted molar refractivity (Wildman–Crippen MR) is 73.3 cm³/mol. The van der Waals surface area contributed by atoms with Crippen LogP contribution in [0, 0.1) is 12.7 Å². The molecule has 0 amide bonds. The van der Waals surface area contributed by atoms with Gasteiger partial charge in [0.05, 0.1) is 5.60 Å². The van der Waals surface area contributed by atoms with E-state index in [-0.39, 0.29) is 17.5 Å². The average molecular weight is 253 g/mol. The lowest BCUT2D eigenvalue weighted by Gasteiger charge is -2.26. The van der Waals surface area contributed by atoms with Crippen molar-refractivity contribution in [2.24, 2.45) is 0 Å². The summed E-state index contributed by atoms with van der Waals surface area (Å²) < 4.78 is 18.7. The first-order valence-corrected chi connectivity index (χ1v) is 6.38. The van der Waals surface area contributed by atoms with Crippen LogP contribution in [-0.2, 0) is 4.74 Å². The Bertz CT molecular complexity index is 390. The molecule has 0 bridgehead atoms. The zero-order valence-electron chi connectivity index (χ0n) is 12.0. The molecular formula is C15H24FNO. The van der Waals surface area contributed by atoms with E-state index in [1.807, 2.05) is 19.2 Å². The van der Waals surface area contributed by atoms with E-state index < -0.39 is 0 Å². The van der Waals surface area contributed by atoms with E-state index in [0.29, 0.717) is 5.56 Å². The maximum atomic E-state index is 13.3. The van der Waals surface area contributed by atoms with Crippen LogP contribution in [0.5, 0.6) is 0 Å². The van der Waals surface area contributed by atoms with Crippen LogP contribution in [-0.4, -0.2) is 19.8 Å². The standard InChI is InChI=1S/C15H24FNO/c1-11-10-12(6-7-13(11)16)14(17-4)8-9-15(2,3)18-5/h6-7,10,14,17H,8-9H2,1-5H3. The molecule has 0 aliphatic heterocycles. The maximum Gasteiger partial charge on any atom is 0.126 e. The molecule has 3 heteroatoms. The molecule has 18 heavy (non-hydrogen) atoms. The van der Waals surface area contributed by atoms with Crippen LogP contribution in [0.25, 0.3) is 0 Å². The first-order valence-electron chi connectivity index (χ1n) is 6.38. The van der Waals surface area contributed by atoms with Gasteiger partial charge in [-0.2, -0.15) is 0 Å². The van der Waals surface area contributed by atoms with Gasteiger partial charge in [-0.25, -0.2) is 4.39 Å². The van der Waals surface area contributed by atoms with E-state index in [9.17, 15) is 4.39 Å². The Hall–Kier alpha value is -0.930. The zero-order valence-corrected chi connectivity index (χ0v) is 12.0. The van der Waals surface area contributed by atoms with Gasteiger partial charge >= 0.3 is 0 Å². The lowest BCUT2D eigenvalue weighted by molar-refractivity contribution is 0.0118. The summed E-state index contributed by atoms with van der Waals surface area (Å²) in [5.74, 6) is -0.147. The second kappa shape index (κ2) is 6.30. The number of nitrogens with one attached hydrogen (secondary N) is 1. The highest BCUT2D eigenvalue weighted by atomic mass is 19.1. The molecule has 0 saturated heterocycles. The topological polar surface area (TPSA) is 21.3 Å². The zero-order chi connectivity index (χ0) is 13.8. The molecule has 0 radical (unpaired) electrons. The summed E-state index contributed by atoms with van der Waals surface area (Å²) >= 11 is 0. The van der Waals surface area contributed by atoms with Crippen LogP contribution >= 0.6 is 0 Å². The van der Waals surface area contributed by atoms with Gasteiger partial charge in [-0.3, -0.25) is 0 Å². The van der Waals surface area contributed by atoms with Crippen molar-refractivity contribution in [2.45, 2.75) is 45.3 Å². The van der Waals surface area contributed by atoms with Crippen LogP contribution in [0.1, 0.15) is 43.9 Å². The Balaban J connectivity index is 2.74. The minimum atomic E-state index is -0.147. The van der Waals surface area contributed by atoms with E-state index >= 15 is 0 Å². The van der Waals surface area contributed by atoms with Gasteiger partial charge in [-0.15, -0.1) is 0 Å². The minimum Gasteiger partial charge on any atom is -0.379 e. The summed E-state index contributed by atoms with van der Waals surface area (Å²) in [6.07, 6.45) is 1.91. The Labute approximate surface area is 110 Å². The van der Waals surface area contributed by atoms with Crippen molar-refractivity contribution >= 4 is 0 Å². The first kappa shape index (κ1) is 15.1. The third kappa shape index (κ3) is 4.07. The quantitative estimate of drug-likeness (QED) is 0.836. The van der Waals surface area contributed by atoms with E-state index in [0.717, 1.165) is 18.4 Å². The van der Waals surface area contributed by atoms with Gasteiger partial charge in [0.15, 0.2) is 0 Å². The Morgan fingerprint density at radius 3 is 2.56 bits per heavy atom. The Morgan fingerprint density at radius 2 is 2.06 bits per heavy atom. The SMILES string of the molecule is CNC(CCC(C)(C)OC)c1ccc(F)c(C)c1. The molecule has 1 rings (SSSR count). The van der Waals surface area contributed by atoms with Crippen LogP contribution in [0.4, 0.5) is 4.39 Å². The number of aryl methyl sites for hydroxylation is 1. The number of benzene rings is 1. The number of ether oxygens (including phenoxy) is 1. The average Bonchev–Trinajstić information content (AvgIpc) is 2.34. The summed E-state index contributed by atoms with van der Waals surface area (Å²) in [6.45, 7) is 5.95. The van der Waals surface area contributed by atoms with E-state index in [2.05, 4.69) is 19.2 Å². The summed E-state index contributed by atoms with van der Waals surface area (Å²) in [7, 11) is 3.67. The molecule has 0 spiro atoms. The molecular weight excluding hydrogens is 229 g/mol. The van der Waals surface area contributed by atoms with Gasteiger partial charge in [0.2, 0.25) is 0 Å². The molecule has 2 nitrogen and oxygen atoms in total. The van der Waals surface area contributed by atoms with Crippen LogP contribution in [0.15, 0.2) is 18.2 Å². The molecule has 1 atom stereocenters. The fourth-order valence-electron chi connectivity index (χ4n) is 1.96. The van der Waals surface area contributed by atoms with Crippen molar-refractivity contribution in [1.29, 1.82) is 0 Å². The molecule has 0 fully saturated rings. The number of halogens is 1. The van der Waals surface area contributed by atoms with Crippen molar-refractivity contribution in [3.8, 4) is 0 Å². The van der Waals surface area contributed by atoms with Crippen LogP contribution in [0.3, 0.4) is 0 Å². The molecule has 1 unspecified atom stereocenters. The highest BCUT2D eigenvalue weighted by Crippen LogP contribution is 2.25. The molecule has 1 N–H and O–H groups in total. The van der Waals surface area contributed by atoms with Gasteiger partial charge in [-0.1, -0.05) is 12.1 Å². The van der Waals surface area contributed by atoms with Crippen molar-refractivity contribution in [3.63, 3.8) is 0 Å². The number of rotatable bonds is 6. The second-order valence-corrected chi connectivity index (χ2v) is 5.35. The second-order valence-electron chi connectivity index (χ2n) is 5.35. The fraction of sp³-hybridized carbons (Fsp3) is 0.600. The van der Waals surface area contributed by atoms with Gasteiger partial charge in [0, 0.05) is 13.2 Å². The maximum absolute atomic E-state index is 13.3. The van der Waals surface area contributed by atoms with E-state index in [1.165, 1.54) is 6.07 Å². The molecule has 1 aromatic carbocycles. The van der Waals surface area contributed by atoms with Crippen molar-refractivity contribution in [1.82, 2.24) is 5.32 Å². The van der Waals surface area contributed by atoms with Crippen LogP contribution in [0.2, 0.25) is 0 Å². The number of methoxy groups -OCH3 is 1. The molecule has 0 saturated carbocycles. The monoisotopic (exact) mass is 253 g/mol. The normalized spacial score (nSPS) is 13.7. The van der Waals surface area contributed by atoms with E-state index in [1.54, 1.807) is 14.0 Å². The molecule has 1 aromatic rings. The minimum absolute atomic E-state index is 0.121. The van der Waals surface area contributed by atoms with Crippen molar-refractivity contribution in [3.05, 3.63) is 35.1 Å². The smallest absolute Gasteiger partial charge is 0.126 e. The highest BCUT2D eigenvalue weighted by molar-refractivity contribution is 5.26. The highest BCUT2D eigenvalue weighted by Gasteiger charge is 2.19. The summed E-state index contributed by atoms with van der Waals surface area (Å²) in [5, 5.41) is 3.28. The van der Waals surface area contributed by atoms with Gasteiger partial charge < -0.3 is 10.1 Å². The Morgan fingerprint density at radius 1 is 1.39 bits per heavy atom. The molecule has 102 valence electrons. The first-order chi connectivity index (χ1) is 8.39. The summed E-state index contributed by atoms with van der Waals surface area (Å²) in [5.41, 5.74) is 1.70. The number of hydrogen-bond donors (Lipinski definition) is 1. The third-order valence-electron chi connectivity index (χ3n) is 3.52.